The minimum Gasteiger partial charge on any atom is -0.497 e. The Bertz CT molecular complexity index is 1090. The number of carbonyl (C=O) groups excluding carboxylic acids is 1. The predicted molar refractivity (Wildman–Crippen MR) is 115 cm³/mol. The fraction of sp³-hybridized carbons (Fsp3) is 0.333. The Hall–Kier alpha value is -3.33. The van der Waals surface area contributed by atoms with Crippen molar-refractivity contribution in [2.75, 3.05) is 20.3 Å². The van der Waals surface area contributed by atoms with Gasteiger partial charge in [0.05, 0.1) is 18.9 Å². The van der Waals surface area contributed by atoms with Gasteiger partial charge in [-0.15, -0.1) is 0 Å². The summed E-state index contributed by atoms with van der Waals surface area (Å²) >= 11 is 0. The molecule has 1 fully saturated rings. The smallest absolute Gasteiger partial charge is 0.435 e. The van der Waals surface area contributed by atoms with E-state index in [0.29, 0.717) is 36.7 Å². The Labute approximate surface area is 189 Å². The first-order valence-corrected chi connectivity index (χ1v) is 10.6. The molecule has 4 rings (SSSR count). The maximum absolute atomic E-state index is 13.3. The van der Waals surface area contributed by atoms with Crippen molar-refractivity contribution in [2.24, 2.45) is 0 Å². The number of ether oxygens (including phenoxy) is 2. The van der Waals surface area contributed by atoms with Crippen LogP contribution in [-0.4, -0.2) is 47.0 Å². The van der Waals surface area contributed by atoms with E-state index in [1.807, 2.05) is 24.3 Å². The van der Waals surface area contributed by atoms with Crippen molar-refractivity contribution in [1.82, 2.24) is 14.7 Å². The van der Waals surface area contributed by atoms with Gasteiger partial charge >= 0.3 is 6.18 Å². The monoisotopic (exact) mass is 459 g/mol. The Morgan fingerprint density at radius 3 is 2.64 bits per heavy atom. The summed E-state index contributed by atoms with van der Waals surface area (Å²) in [5, 5.41) is 3.57. The molecule has 3 aromatic rings. The molecule has 6 nitrogen and oxygen atoms in total. The standard InChI is InChI=1S/C24H24F3N3O3/c1-32-20-5-2-4-17(14-20)15-29(16-21-6-3-13-33-21)23(31)18-7-9-19(10-8-18)30-12-11-22(28-30)24(25,26)27/h2,4-5,7-12,14,21H,3,6,13,15-16H2,1H3. The Kier molecular flexibility index (Phi) is 6.69. The van der Waals surface area contributed by atoms with Crippen molar-refractivity contribution in [3.63, 3.8) is 0 Å². The fourth-order valence-corrected chi connectivity index (χ4v) is 3.80. The molecule has 0 aliphatic carbocycles. The zero-order chi connectivity index (χ0) is 23.4. The number of benzene rings is 2. The molecule has 174 valence electrons. The molecule has 1 aliphatic rings. The van der Waals surface area contributed by atoms with Crippen molar-refractivity contribution < 1.29 is 27.4 Å². The van der Waals surface area contributed by atoms with E-state index in [9.17, 15) is 18.0 Å². The molecule has 0 saturated carbocycles. The van der Waals surface area contributed by atoms with Gasteiger partial charge in [-0.05, 0) is 60.9 Å². The van der Waals surface area contributed by atoms with Crippen LogP contribution in [-0.2, 0) is 17.5 Å². The lowest BCUT2D eigenvalue weighted by atomic mass is 10.1. The largest absolute Gasteiger partial charge is 0.497 e. The normalized spacial score (nSPS) is 16.1. The van der Waals surface area contributed by atoms with Crippen LogP contribution in [0.3, 0.4) is 0 Å². The van der Waals surface area contributed by atoms with E-state index < -0.39 is 11.9 Å². The van der Waals surface area contributed by atoms with Crippen LogP contribution in [0.25, 0.3) is 5.69 Å². The van der Waals surface area contributed by atoms with Gasteiger partial charge in [-0.2, -0.15) is 18.3 Å². The molecule has 0 radical (unpaired) electrons. The SMILES string of the molecule is COc1cccc(CN(CC2CCCO2)C(=O)c2ccc(-n3ccc(C(F)(F)F)n3)cc2)c1. The average molecular weight is 459 g/mol. The fourth-order valence-electron chi connectivity index (χ4n) is 3.80. The Morgan fingerprint density at radius 2 is 2.00 bits per heavy atom. The lowest BCUT2D eigenvalue weighted by Crippen LogP contribution is -2.37. The molecule has 0 N–H and O–H groups in total. The molecule has 0 bridgehead atoms. The number of methoxy groups -OCH3 is 1. The van der Waals surface area contributed by atoms with Crippen LogP contribution >= 0.6 is 0 Å². The maximum Gasteiger partial charge on any atom is 0.435 e. The van der Waals surface area contributed by atoms with Gasteiger partial charge in [0.1, 0.15) is 5.75 Å². The van der Waals surface area contributed by atoms with Crippen LogP contribution in [0.1, 0.15) is 34.5 Å². The van der Waals surface area contributed by atoms with Crippen molar-refractivity contribution in [2.45, 2.75) is 31.7 Å². The van der Waals surface area contributed by atoms with E-state index in [1.54, 1.807) is 36.3 Å². The molecule has 2 heterocycles. The summed E-state index contributed by atoms with van der Waals surface area (Å²) in [6.07, 6.45) is -1.44. The van der Waals surface area contributed by atoms with Crippen molar-refractivity contribution in [1.29, 1.82) is 0 Å². The van der Waals surface area contributed by atoms with Crippen LogP contribution in [0.4, 0.5) is 13.2 Å². The van der Waals surface area contributed by atoms with Crippen LogP contribution in [0.15, 0.2) is 60.8 Å². The first-order chi connectivity index (χ1) is 15.8. The van der Waals surface area contributed by atoms with E-state index in [-0.39, 0.29) is 12.0 Å². The van der Waals surface area contributed by atoms with E-state index in [4.69, 9.17) is 9.47 Å². The Morgan fingerprint density at radius 1 is 1.21 bits per heavy atom. The summed E-state index contributed by atoms with van der Waals surface area (Å²) < 4.78 is 50.6. The average Bonchev–Trinajstić information content (AvgIpc) is 3.51. The highest BCUT2D eigenvalue weighted by Crippen LogP contribution is 2.28. The molecule has 9 heteroatoms. The summed E-state index contributed by atoms with van der Waals surface area (Å²) in [4.78, 5) is 15.1. The quantitative estimate of drug-likeness (QED) is 0.513. The number of alkyl halides is 3. The molecule has 1 saturated heterocycles. The van der Waals surface area contributed by atoms with Gasteiger partial charge in [-0.1, -0.05) is 12.1 Å². The lowest BCUT2D eigenvalue weighted by Gasteiger charge is -2.26. The summed E-state index contributed by atoms with van der Waals surface area (Å²) in [7, 11) is 1.59. The molecule has 1 aliphatic heterocycles. The van der Waals surface area contributed by atoms with Gasteiger partial charge in [0.25, 0.3) is 5.91 Å². The second kappa shape index (κ2) is 9.66. The van der Waals surface area contributed by atoms with E-state index in [2.05, 4.69) is 5.10 Å². The number of hydrogen-bond donors (Lipinski definition) is 0. The third-order valence-corrected chi connectivity index (χ3v) is 5.50. The highest BCUT2D eigenvalue weighted by atomic mass is 19.4. The molecule has 33 heavy (non-hydrogen) atoms. The molecule has 1 aromatic heterocycles. The third-order valence-electron chi connectivity index (χ3n) is 5.50. The van der Waals surface area contributed by atoms with E-state index in [1.165, 1.54) is 6.20 Å². The number of amides is 1. The van der Waals surface area contributed by atoms with Crippen LogP contribution in [0.2, 0.25) is 0 Å². The number of halogens is 3. The molecule has 1 unspecified atom stereocenters. The summed E-state index contributed by atoms with van der Waals surface area (Å²) in [5.41, 5.74) is 0.820. The number of hydrogen-bond acceptors (Lipinski definition) is 4. The van der Waals surface area contributed by atoms with Gasteiger partial charge in [0, 0.05) is 31.5 Å². The second-order valence-electron chi connectivity index (χ2n) is 7.86. The minimum absolute atomic E-state index is 0.0244. The molecule has 0 spiro atoms. The molecule has 1 amide bonds. The van der Waals surface area contributed by atoms with Crippen molar-refractivity contribution in [3.8, 4) is 11.4 Å². The number of aromatic nitrogens is 2. The summed E-state index contributed by atoms with van der Waals surface area (Å²) in [6.45, 7) is 1.52. The highest BCUT2D eigenvalue weighted by Gasteiger charge is 2.33. The van der Waals surface area contributed by atoms with Crippen LogP contribution < -0.4 is 4.74 Å². The molecular weight excluding hydrogens is 435 g/mol. The van der Waals surface area contributed by atoms with Crippen molar-refractivity contribution >= 4 is 5.91 Å². The second-order valence-corrected chi connectivity index (χ2v) is 7.86. The van der Waals surface area contributed by atoms with Gasteiger partial charge in [-0.3, -0.25) is 4.79 Å². The van der Waals surface area contributed by atoms with Gasteiger partial charge in [0.15, 0.2) is 5.69 Å². The number of carbonyl (C=O) groups is 1. The van der Waals surface area contributed by atoms with E-state index in [0.717, 1.165) is 29.2 Å². The third kappa shape index (κ3) is 5.54. The zero-order valence-corrected chi connectivity index (χ0v) is 18.1. The van der Waals surface area contributed by atoms with Gasteiger partial charge in [0.2, 0.25) is 0 Å². The number of rotatable bonds is 7. The molecule has 1 atom stereocenters. The molecule has 2 aromatic carbocycles. The maximum atomic E-state index is 13.3. The zero-order valence-electron chi connectivity index (χ0n) is 18.1. The Balaban J connectivity index is 1.53. The van der Waals surface area contributed by atoms with E-state index >= 15 is 0 Å². The first kappa shape index (κ1) is 22.8. The van der Waals surface area contributed by atoms with Crippen molar-refractivity contribution in [3.05, 3.63) is 77.6 Å². The van der Waals surface area contributed by atoms with Crippen LogP contribution in [0.5, 0.6) is 5.75 Å². The predicted octanol–water partition coefficient (Wildman–Crippen LogP) is 4.72. The first-order valence-electron chi connectivity index (χ1n) is 10.6. The van der Waals surface area contributed by atoms with Gasteiger partial charge in [-0.25, -0.2) is 4.68 Å². The lowest BCUT2D eigenvalue weighted by molar-refractivity contribution is -0.141. The van der Waals surface area contributed by atoms with Gasteiger partial charge < -0.3 is 14.4 Å². The summed E-state index contributed by atoms with van der Waals surface area (Å²) in [5.74, 6) is 0.523. The number of nitrogens with zero attached hydrogens (tertiary/aromatic N) is 3. The molecular formula is C24H24F3N3O3. The topological polar surface area (TPSA) is 56.6 Å². The highest BCUT2D eigenvalue weighted by molar-refractivity contribution is 5.94. The summed E-state index contributed by atoms with van der Waals surface area (Å²) in [6, 6.07) is 14.8. The minimum atomic E-state index is -4.51. The van der Waals surface area contributed by atoms with Crippen LogP contribution in [0, 0.1) is 0 Å².